The van der Waals surface area contributed by atoms with Crippen molar-refractivity contribution in [2.45, 2.75) is 6.92 Å². The zero-order valence-electron chi connectivity index (χ0n) is 16.8. The number of piperazine rings is 1. The number of hydrogen-bond acceptors (Lipinski definition) is 5. The van der Waals surface area contributed by atoms with Gasteiger partial charge in [0.25, 0.3) is 5.91 Å². The first kappa shape index (κ1) is 21.0. The van der Waals surface area contributed by atoms with Gasteiger partial charge in [-0.15, -0.1) is 0 Å². The molecule has 0 saturated carbocycles. The van der Waals surface area contributed by atoms with E-state index in [1.807, 2.05) is 0 Å². The lowest BCUT2D eigenvalue weighted by molar-refractivity contribution is -0.114. The molecule has 9 nitrogen and oxygen atoms in total. The van der Waals surface area contributed by atoms with Gasteiger partial charge in [-0.1, -0.05) is 0 Å². The number of benzene rings is 2. The van der Waals surface area contributed by atoms with Crippen molar-refractivity contribution < 1.29 is 24.2 Å². The Kier molecular flexibility index (Phi) is 6.41. The Morgan fingerprint density at radius 2 is 1.57 bits per heavy atom. The molecule has 1 heterocycles. The topological polar surface area (TPSA) is 111 Å². The summed E-state index contributed by atoms with van der Waals surface area (Å²) in [5.41, 5.74) is 1.48. The van der Waals surface area contributed by atoms with Crippen LogP contribution >= 0.6 is 0 Å². The van der Waals surface area contributed by atoms with Crippen molar-refractivity contribution in [2.24, 2.45) is 0 Å². The van der Waals surface area contributed by atoms with E-state index in [2.05, 4.69) is 10.6 Å². The highest BCUT2D eigenvalue weighted by Gasteiger charge is 2.25. The van der Waals surface area contributed by atoms with Crippen LogP contribution in [0.25, 0.3) is 0 Å². The van der Waals surface area contributed by atoms with Crippen LogP contribution in [0.3, 0.4) is 0 Å². The number of phenolic OH excluding ortho intramolecular Hbond substituents is 1. The third kappa shape index (κ3) is 4.99. The molecule has 0 aromatic heterocycles. The molecule has 30 heavy (non-hydrogen) atoms. The van der Waals surface area contributed by atoms with Gasteiger partial charge < -0.3 is 30.3 Å². The second-order valence-electron chi connectivity index (χ2n) is 6.85. The first-order chi connectivity index (χ1) is 14.4. The number of methoxy groups -OCH3 is 1. The Balaban J connectivity index is 1.61. The highest BCUT2D eigenvalue weighted by molar-refractivity contribution is 5.96. The predicted octanol–water partition coefficient (Wildman–Crippen LogP) is 2.35. The van der Waals surface area contributed by atoms with Crippen molar-refractivity contribution in [3.8, 4) is 11.5 Å². The molecule has 0 spiro atoms. The number of hydrogen-bond donors (Lipinski definition) is 3. The number of rotatable bonds is 4. The SMILES string of the molecule is COc1ccc(NC(C)=O)cc1NC(=O)N1CCN(C(=O)c2ccc(O)cc2)CC1. The molecule has 1 aliphatic heterocycles. The van der Waals surface area contributed by atoms with E-state index in [9.17, 15) is 19.5 Å². The second-order valence-corrected chi connectivity index (χ2v) is 6.85. The van der Waals surface area contributed by atoms with Crippen LogP contribution in [0.15, 0.2) is 42.5 Å². The third-order valence-corrected chi connectivity index (χ3v) is 4.73. The van der Waals surface area contributed by atoms with Gasteiger partial charge in [0.05, 0.1) is 12.8 Å². The summed E-state index contributed by atoms with van der Waals surface area (Å²) in [6, 6.07) is 10.8. The van der Waals surface area contributed by atoms with Crippen LogP contribution in [0.2, 0.25) is 0 Å². The number of anilines is 2. The van der Waals surface area contributed by atoms with Crippen molar-refractivity contribution in [1.82, 2.24) is 9.80 Å². The molecule has 0 atom stereocenters. The predicted molar refractivity (Wildman–Crippen MR) is 112 cm³/mol. The summed E-state index contributed by atoms with van der Waals surface area (Å²) in [6.45, 7) is 2.96. The summed E-state index contributed by atoms with van der Waals surface area (Å²) in [5, 5.41) is 14.8. The van der Waals surface area contributed by atoms with Crippen molar-refractivity contribution in [2.75, 3.05) is 43.9 Å². The van der Waals surface area contributed by atoms with Gasteiger partial charge in [0.2, 0.25) is 5.91 Å². The molecule has 1 aliphatic rings. The number of amides is 4. The molecule has 4 amide bonds. The third-order valence-electron chi connectivity index (χ3n) is 4.73. The minimum absolute atomic E-state index is 0.103. The van der Waals surface area contributed by atoms with Crippen LogP contribution in [0.1, 0.15) is 17.3 Å². The van der Waals surface area contributed by atoms with E-state index in [4.69, 9.17) is 4.74 Å². The Morgan fingerprint density at radius 3 is 2.17 bits per heavy atom. The Labute approximate surface area is 174 Å². The second kappa shape index (κ2) is 9.17. The minimum atomic E-state index is -0.315. The van der Waals surface area contributed by atoms with Crippen LogP contribution in [0.5, 0.6) is 11.5 Å². The van der Waals surface area contributed by atoms with Gasteiger partial charge in [-0.05, 0) is 42.5 Å². The quantitative estimate of drug-likeness (QED) is 0.714. The molecule has 0 unspecified atom stereocenters. The molecule has 1 saturated heterocycles. The van der Waals surface area contributed by atoms with Crippen LogP contribution < -0.4 is 15.4 Å². The fourth-order valence-corrected chi connectivity index (χ4v) is 3.18. The van der Waals surface area contributed by atoms with E-state index < -0.39 is 0 Å². The highest BCUT2D eigenvalue weighted by Crippen LogP contribution is 2.28. The molecule has 9 heteroatoms. The molecule has 2 aromatic rings. The van der Waals surface area contributed by atoms with Crippen molar-refractivity contribution >= 4 is 29.2 Å². The molecular weight excluding hydrogens is 388 g/mol. The molecule has 0 aliphatic carbocycles. The van der Waals surface area contributed by atoms with E-state index in [0.29, 0.717) is 48.9 Å². The summed E-state index contributed by atoms with van der Waals surface area (Å²) in [6.07, 6.45) is 0. The number of urea groups is 1. The lowest BCUT2D eigenvalue weighted by Gasteiger charge is -2.34. The summed E-state index contributed by atoms with van der Waals surface area (Å²) in [7, 11) is 1.50. The monoisotopic (exact) mass is 412 g/mol. The number of phenols is 1. The van der Waals surface area contributed by atoms with Crippen LogP contribution in [0.4, 0.5) is 16.2 Å². The van der Waals surface area contributed by atoms with E-state index >= 15 is 0 Å². The van der Waals surface area contributed by atoms with E-state index in [1.165, 1.54) is 26.2 Å². The Hall–Kier alpha value is -3.75. The lowest BCUT2D eigenvalue weighted by atomic mass is 10.1. The first-order valence-electron chi connectivity index (χ1n) is 9.47. The number of ether oxygens (including phenoxy) is 1. The maximum absolute atomic E-state index is 12.7. The van der Waals surface area contributed by atoms with Gasteiger partial charge in [0, 0.05) is 44.4 Å². The Bertz CT molecular complexity index is 937. The van der Waals surface area contributed by atoms with Gasteiger partial charge in [-0.2, -0.15) is 0 Å². The smallest absolute Gasteiger partial charge is 0.322 e. The lowest BCUT2D eigenvalue weighted by Crippen LogP contribution is -2.51. The fraction of sp³-hybridized carbons (Fsp3) is 0.286. The molecule has 2 aromatic carbocycles. The highest BCUT2D eigenvalue weighted by atomic mass is 16.5. The van der Waals surface area contributed by atoms with Gasteiger partial charge in [0.15, 0.2) is 0 Å². The summed E-state index contributed by atoms with van der Waals surface area (Å²) in [5.74, 6) is 0.219. The van der Waals surface area contributed by atoms with Gasteiger partial charge in [0.1, 0.15) is 11.5 Å². The van der Waals surface area contributed by atoms with Crippen LogP contribution in [-0.4, -0.2) is 66.0 Å². The van der Waals surface area contributed by atoms with Crippen LogP contribution in [-0.2, 0) is 4.79 Å². The zero-order valence-corrected chi connectivity index (χ0v) is 16.8. The van der Waals surface area contributed by atoms with E-state index in [0.717, 1.165) is 0 Å². The van der Waals surface area contributed by atoms with Crippen molar-refractivity contribution in [1.29, 1.82) is 0 Å². The maximum atomic E-state index is 12.7. The molecule has 0 bridgehead atoms. The molecule has 0 radical (unpaired) electrons. The van der Waals surface area contributed by atoms with Crippen molar-refractivity contribution in [3.05, 3.63) is 48.0 Å². The van der Waals surface area contributed by atoms with Gasteiger partial charge in [-0.3, -0.25) is 9.59 Å². The average Bonchev–Trinajstić information content (AvgIpc) is 2.73. The number of nitrogens with zero attached hydrogens (tertiary/aromatic N) is 2. The van der Waals surface area contributed by atoms with Crippen molar-refractivity contribution in [3.63, 3.8) is 0 Å². The number of carbonyl (C=O) groups excluding carboxylic acids is 3. The first-order valence-corrected chi connectivity index (χ1v) is 9.47. The normalized spacial score (nSPS) is 13.5. The number of nitrogens with one attached hydrogen (secondary N) is 2. The molecule has 3 N–H and O–H groups in total. The number of carbonyl (C=O) groups is 3. The fourth-order valence-electron chi connectivity index (χ4n) is 3.18. The molecule has 158 valence electrons. The van der Waals surface area contributed by atoms with E-state index in [1.54, 1.807) is 40.1 Å². The van der Waals surface area contributed by atoms with E-state index in [-0.39, 0.29) is 23.6 Å². The Morgan fingerprint density at radius 1 is 0.933 bits per heavy atom. The largest absolute Gasteiger partial charge is 0.508 e. The minimum Gasteiger partial charge on any atom is -0.508 e. The standard InChI is InChI=1S/C21H24N4O5/c1-14(26)22-16-5-8-19(30-2)18(13-16)23-21(29)25-11-9-24(10-12-25)20(28)15-3-6-17(27)7-4-15/h3-8,13,27H,9-12H2,1-2H3,(H,22,26)(H,23,29). The maximum Gasteiger partial charge on any atom is 0.322 e. The summed E-state index contributed by atoms with van der Waals surface area (Å²) in [4.78, 5) is 39.8. The van der Waals surface area contributed by atoms with Gasteiger partial charge >= 0.3 is 6.03 Å². The number of aromatic hydroxyl groups is 1. The zero-order chi connectivity index (χ0) is 21.7. The van der Waals surface area contributed by atoms with Crippen LogP contribution in [0, 0.1) is 0 Å². The van der Waals surface area contributed by atoms with Gasteiger partial charge in [-0.25, -0.2) is 4.79 Å². The summed E-state index contributed by atoms with van der Waals surface area (Å²) < 4.78 is 5.28. The average molecular weight is 412 g/mol. The molecule has 3 rings (SSSR count). The molecular formula is C21H24N4O5. The summed E-state index contributed by atoms with van der Waals surface area (Å²) >= 11 is 0. The molecule has 1 fully saturated rings.